The highest BCUT2D eigenvalue weighted by molar-refractivity contribution is 5.79. The second kappa shape index (κ2) is 5.92. The van der Waals surface area contributed by atoms with Gasteiger partial charge in [0.15, 0.2) is 0 Å². The van der Waals surface area contributed by atoms with E-state index in [2.05, 4.69) is 23.2 Å². The van der Waals surface area contributed by atoms with Crippen molar-refractivity contribution in [1.82, 2.24) is 10.2 Å². The molecule has 1 saturated carbocycles. The molecule has 2 fully saturated rings. The number of hydrogen-bond donors (Lipinski definition) is 1. The third-order valence-corrected chi connectivity index (χ3v) is 4.59. The van der Waals surface area contributed by atoms with E-state index in [0.717, 1.165) is 25.8 Å². The smallest absolute Gasteiger partial charge is 0.235 e. The summed E-state index contributed by atoms with van der Waals surface area (Å²) in [5.41, 5.74) is -0.658. The molecular weight excluding hydrogens is 238 g/mol. The minimum Gasteiger partial charge on any atom is -0.337 e. The minimum atomic E-state index is -0.658. The summed E-state index contributed by atoms with van der Waals surface area (Å²) in [6.45, 7) is 5.50. The fourth-order valence-corrected chi connectivity index (χ4v) is 3.13. The maximum absolute atomic E-state index is 12.2. The highest BCUT2D eigenvalue weighted by Gasteiger charge is 2.43. The van der Waals surface area contributed by atoms with E-state index in [0.29, 0.717) is 18.5 Å². The molecule has 0 spiro atoms. The van der Waals surface area contributed by atoms with Gasteiger partial charge in [-0.3, -0.25) is 9.69 Å². The molecule has 1 aliphatic heterocycles. The van der Waals surface area contributed by atoms with Crippen LogP contribution in [0.15, 0.2) is 0 Å². The molecule has 1 aliphatic carbocycles. The first kappa shape index (κ1) is 14.3. The molecule has 1 heterocycles. The zero-order chi connectivity index (χ0) is 13.9. The first-order valence-electron chi connectivity index (χ1n) is 7.55. The van der Waals surface area contributed by atoms with Crippen LogP contribution >= 0.6 is 0 Å². The summed E-state index contributed by atoms with van der Waals surface area (Å²) in [6, 6.07) is 2.82. The van der Waals surface area contributed by atoms with Crippen molar-refractivity contribution in [2.75, 3.05) is 13.1 Å². The van der Waals surface area contributed by atoms with Gasteiger partial charge in [0.1, 0.15) is 5.54 Å². The number of carbonyl (C=O) groups is 1. The molecule has 2 rings (SSSR count). The summed E-state index contributed by atoms with van der Waals surface area (Å²) in [4.78, 5) is 14.5. The molecule has 2 aliphatic rings. The van der Waals surface area contributed by atoms with Crippen molar-refractivity contribution >= 4 is 5.91 Å². The summed E-state index contributed by atoms with van der Waals surface area (Å²) in [6.07, 6.45) is 6.88. The number of nitriles is 1. The Balaban J connectivity index is 1.88. The van der Waals surface area contributed by atoms with Gasteiger partial charge >= 0.3 is 0 Å². The molecule has 0 radical (unpaired) electrons. The topological polar surface area (TPSA) is 56.1 Å². The Labute approximate surface area is 116 Å². The lowest BCUT2D eigenvalue weighted by molar-refractivity contribution is -0.124. The van der Waals surface area contributed by atoms with Crippen LogP contribution in [0.5, 0.6) is 0 Å². The molecule has 1 amide bonds. The Morgan fingerprint density at radius 3 is 2.74 bits per heavy atom. The van der Waals surface area contributed by atoms with Crippen molar-refractivity contribution in [1.29, 1.82) is 5.26 Å². The van der Waals surface area contributed by atoms with Crippen molar-refractivity contribution in [3.63, 3.8) is 0 Å². The van der Waals surface area contributed by atoms with E-state index in [1.807, 2.05) is 6.92 Å². The molecule has 4 heteroatoms. The maximum Gasteiger partial charge on any atom is 0.235 e. The van der Waals surface area contributed by atoms with Gasteiger partial charge in [-0.15, -0.1) is 0 Å². The molecule has 106 valence electrons. The van der Waals surface area contributed by atoms with Crippen molar-refractivity contribution < 1.29 is 4.79 Å². The Morgan fingerprint density at radius 2 is 2.16 bits per heavy atom. The standard InChI is InChI=1S/C15H25N3O/c1-3-13-6-4-5-9-18(13)10-14(19)17-15(2,11-16)12-7-8-12/h12-13H,3-10H2,1-2H3,(H,17,19). The average molecular weight is 263 g/mol. The van der Waals surface area contributed by atoms with Gasteiger partial charge in [0.25, 0.3) is 0 Å². The van der Waals surface area contributed by atoms with Crippen molar-refractivity contribution in [3.05, 3.63) is 0 Å². The summed E-state index contributed by atoms with van der Waals surface area (Å²) < 4.78 is 0. The number of nitrogens with zero attached hydrogens (tertiary/aromatic N) is 2. The van der Waals surface area contributed by atoms with E-state index in [1.165, 1.54) is 19.3 Å². The van der Waals surface area contributed by atoms with E-state index in [4.69, 9.17) is 0 Å². The van der Waals surface area contributed by atoms with E-state index in [9.17, 15) is 10.1 Å². The number of hydrogen-bond acceptors (Lipinski definition) is 3. The summed E-state index contributed by atoms with van der Waals surface area (Å²) in [5, 5.41) is 12.2. The van der Waals surface area contributed by atoms with E-state index in [-0.39, 0.29) is 5.91 Å². The maximum atomic E-state index is 12.2. The highest BCUT2D eigenvalue weighted by Crippen LogP contribution is 2.39. The number of likely N-dealkylation sites (tertiary alicyclic amines) is 1. The summed E-state index contributed by atoms with van der Waals surface area (Å²) in [5.74, 6) is 0.362. The Kier molecular flexibility index (Phi) is 4.46. The lowest BCUT2D eigenvalue weighted by atomic mass is 9.97. The van der Waals surface area contributed by atoms with E-state index in [1.54, 1.807) is 0 Å². The van der Waals surface area contributed by atoms with Gasteiger partial charge in [-0.25, -0.2) is 0 Å². The van der Waals surface area contributed by atoms with E-state index < -0.39 is 5.54 Å². The normalized spacial score (nSPS) is 27.3. The predicted molar refractivity (Wildman–Crippen MR) is 74.4 cm³/mol. The second-order valence-electron chi connectivity index (χ2n) is 6.16. The summed E-state index contributed by atoms with van der Waals surface area (Å²) >= 11 is 0. The molecule has 0 bridgehead atoms. The molecule has 0 aromatic heterocycles. The zero-order valence-electron chi connectivity index (χ0n) is 12.1. The lowest BCUT2D eigenvalue weighted by Gasteiger charge is -2.35. The van der Waals surface area contributed by atoms with Crippen LogP contribution in [-0.4, -0.2) is 35.5 Å². The second-order valence-corrected chi connectivity index (χ2v) is 6.16. The van der Waals surface area contributed by atoms with Crippen LogP contribution in [0, 0.1) is 17.2 Å². The molecule has 1 N–H and O–H groups in total. The van der Waals surface area contributed by atoms with Gasteiger partial charge in [0.05, 0.1) is 12.6 Å². The average Bonchev–Trinajstić information content (AvgIpc) is 3.23. The molecule has 1 saturated heterocycles. The molecule has 0 aromatic rings. The van der Waals surface area contributed by atoms with Gasteiger partial charge in [-0.05, 0) is 51.5 Å². The molecule has 2 unspecified atom stereocenters. The monoisotopic (exact) mass is 263 g/mol. The number of nitrogens with one attached hydrogen (secondary N) is 1. The van der Waals surface area contributed by atoms with Gasteiger partial charge in [-0.2, -0.15) is 5.26 Å². The van der Waals surface area contributed by atoms with Crippen LogP contribution in [0.4, 0.5) is 0 Å². The Hall–Kier alpha value is -1.08. The fraction of sp³-hybridized carbons (Fsp3) is 0.867. The van der Waals surface area contributed by atoms with E-state index >= 15 is 0 Å². The fourth-order valence-electron chi connectivity index (χ4n) is 3.13. The third-order valence-electron chi connectivity index (χ3n) is 4.59. The molecule has 4 nitrogen and oxygen atoms in total. The van der Waals surface area contributed by atoms with Crippen LogP contribution < -0.4 is 5.32 Å². The number of rotatable bonds is 5. The SMILES string of the molecule is CCC1CCCCN1CC(=O)NC(C)(C#N)C1CC1. The summed E-state index contributed by atoms with van der Waals surface area (Å²) in [7, 11) is 0. The first-order chi connectivity index (χ1) is 9.09. The molecule has 0 aromatic carbocycles. The minimum absolute atomic E-state index is 0.0105. The van der Waals surface area contributed by atoms with Crippen LogP contribution in [0.3, 0.4) is 0 Å². The third kappa shape index (κ3) is 3.48. The van der Waals surface area contributed by atoms with Crippen LogP contribution in [0.2, 0.25) is 0 Å². The lowest BCUT2D eigenvalue weighted by Crippen LogP contribution is -2.52. The van der Waals surface area contributed by atoms with Crippen LogP contribution in [-0.2, 0) is 4.79 Å². The molecule has 19 heavy (non-hydrogen) atoms. The van der Waals surface area contributed by atoms with Gasteiger partial charge in [0.2, 0.25) is 5.91 Å². The van der Waals surface area contributed by atoms with Crippen LogP contribution in [0.25, 0.3) is 0 Å². The number of carbonyl (C=O) groups excluding carboxylic acids is 1. The van der Waals surface area contributed by atoms with Gasteiger partial charge in [-0.1, -0.05) is 13.3 Å². The Morgan fingerprint density at radius 1 is 1.42 bits per heavy atom. The molecular formula is C15H25N3O. The molecule has 2 atom stereocenters. The number of piperidine rings is 1. The first-order valence-corrected chi connectivity index (χ1v) is 7.55. The Bertz CT molecular complexity index is 372. The van der Waals surface area contributed by atoms with Crippen LogP contribution in [0.1, 0.15) is 52.4 Å². The number of amides is 1. The van der Waals surface area contributed by atoms with Crippen molar-refractivity contribution in [2.24, 2.45) is 5.92 Å². The van der Waals surface area contributed by atoms with Gasteiger partial charge < -0.3 is 5.32 Å². The predicted octanol–water partition coefficient (Wildman–Crippen LogP) is 2.06. The van der Waals surface area contributed by atoms with Crippen molar-refractivity contribution in [3.8, 4) is 6.07 Å². The largest absolute Gasteiger partial charge is 0.337 e. The quantitative estimate of drug-likeness (QED) is 0.826. The zero-order valence-corrected chi connectivity index (χ0v) is 12.1. The van der Waals surface area contributed by atoms with Gasteiger partial charge in [0, 0.05) is 6.04 Å². The highest BCUT2D eigenvalue weighted by atomic mass is 16.2. The van der Waals surface area contributed by atoms with Crippen molar-refractivity contribution in [2.45, 2.75) is 64.0 Å².